The van der Waals surface area contributed by atoms with Crippen LogP contribution in [-0.2, 0) is 4.79 Å². The summed E-state index contributed by atoms with van der Waals surface area (Å²) in [4.78, 5) is 31.9. The molecule has 0 radical (unpaired) electrons. The minimum absolute atomic E-state index is 0.0439. The molecule has 25 heavy (non-hydrogen) atoms. The van der Waals surface area contributed by atoms with Crippen LogP contribution < -0.4 is 4.90 Å². The first kappa shape index (κ1) is 19.2. The molecule has 6 heteroatoms. The third-order valence-electron chi connectivity index (χ3n) is 4.39. The topological polar surface area (TPSA) is 73.7 Å². The van der Waals surface area contributed by atoms with Crippen molar-refractivity contribution in [1.82, 2.24) is 9.88 Å². The van der Waals surface area contributed by atoms with Gasteiger partial charge in [-0.05, 0) is 30.9 Å². The van der Waals surface area contributed by atoms with E-state index in [9.17, 15) is 9.59 Å². The Labute approximate surface area is 149 Å². The fourth-order valence-electron chi connectivity index (χ4n) is 3.13. The molecule has 138 valence electrons. The summed E-state index contributed by atoms with van der Waals surface area (Å²) in [5, 5.41) is 8.90. The van der Waals surface area contributed by atoms with Gasteiger partial charge in [0, 0.05) is 32.4 Å². The third-order valence-corrected chi connectivity index (χ3v) is 4.39. The van der Waals surface area contributed by atoms with Gasteiger partial charge in [0.2, 0.25) is 0 Å². The Balaban J connectivity index is 2.06. The molecular weight excluding hydrogens is 318 g/mol. The number of aromatic nitrogens is 1. The largest absolute Gasteiger partial charge is 0.481 e. The van der Waals surface area contributed by atoms with Gasteiger partial charge < -0.3 is 14.9 Å². The lowest BCUT2D eigenvalue weighted by Crippen LogP contribution is -2.36. The number of carbonyl (C=O) groups is 2. The number of rotatable bonds is 7. The van der Waals surface area contributed by atoms with Crippen molar-refractivity contribution in [2.75, 3.05) is 31.1 Å². The smallest absolute Gasteiger partial charge is 0.305 e. The zero-order valence-corrected chi connectivity index (χ0v) is 15.3. The van der Waals surface area contributed by atoms with Gasteiger partial charge in [-0.25, -0.2) is 4.98 Å². The van der Waals surface area contributed by atoms with Crippen molar-refractivity contribution in [1.29, 1.82) is 0 Å². The molecule has 1 amide bonds. The number of hydrogen-bond acceptors (Lipinski definition) is 4. The second kappa shape index (κ2) is 9.39. The van der Waals surface area contributed by atoms with Gasteiger partial charge in [0.15, 0.2) is 0 Å². The van der Waals surface area contributed by atoms with Crippen molar-refractivity contribution in [3.63, 3.8) is 0 Å². The van der Waals surface area contributed by atoms with E-state index in [0.717, 1.165) is 18.9 Å². The van der Waals surface area contributed by atoms with Crippen LogP contribution in [0.15, 0.2) is 18.3 Å². The first-order valence-corrected chi connectivity index (χ1v) is 9.19. The van der Waals surface area contributed by atoms with Crippen LogP contribution in [0.25, 0.3) is 0 Å². The minimum Gasteiger partial charge on any atom is -0.481 e. The molecule has 0 saturated carbocycles. The van der Waals surface area contributed by atoms with Crippen molar-refractivity contribution >= 4 is 17.7 Å². The van der Waals surface area contributed by atoms with E-state index in [2.05, 4.69) is 9.88 Å². The molecule has 1 aromatic rings. The fourth-order valence-corrected chi connectivity index (χ4v) is 3.13. The van der Waals surface area contributed by atoms with Crippen LogP contribution in [0.2, 0.25) is 0 Å². The molecule has 0 atom stereocenters. The average molecular weight is 347 g/mol. The lowest BCUT2D eigenvalue weighted by Gasteiger charge is -2.25. The number of amides is 1. The van der Waals surface area contributed by atoms with E-state index in [1.807, 2.05) is 26.0 Å². The molecule has 1 fully saturated rings. The SMILES string of the molecule is CC(C)CN(CCC(=O)O)C(=O)c1ccc(N2CCCCCC2)nc1. The second-order valence-electron chi connectivity index (χ2n) is 7.10. The molecule has 0 aliphatic carbocycles. The number of nitrogens with zero attached hydrogens (tertiary/aromatic N) is 3. The summed E-state index contributed by atoms with van der Waals surface area (Å²) < 4.78 is 0. The highest BCUT2D eigenvalue weighted by atomic mass is 16.4. The van der Waals surface area contributed by atoms with Gasteiger partial charge in [-0.2, -0.15) is 0 Å². The molecule has 0 aromatic carbocycles. The number of anilines is 1. The maximum Gasteiger partial charge on any atom is 0.305 e. The van der Waals surface area contributed by atoms with Gasteiger partial charge in [-0.3, -0.25) is 9.59 Å². The summed E-state index contributed by atoms with van der Waals surface area (Å²) in [6, 6.07) is 3.72. The number of aliphatic carboxylic acids is 1. The summed E-state index contributed by atoms with van der Waals surface area (Å²) in [6.07, 6.45) is 6.47. The van der Waals surface area contributed by atoms with Crippen LogP contribution in [0, 0.1) is 5.92 Å². The quantitative estimate of drug-likeness (QED) is 0.821. The van der Waals surface area contributed by atoms with Gasteiger partial charge in [-0.15, -0.1) is 0 Å². The first-order valence-electron chi connectivity index (χ1n) is 9.19. The van der Waals surface area contributed by atoms with Crippen LogP contribution in [0.4, 0.5) is 5.82 Å². The maximum absolute atomic E-state index is 12.7. The summed E-state index contributed by atoms with van der Waals surface area (Å²) in [5.74, 6) is 0.155. The van der Waals surface area contributed by atoms with Crippen LogP contribution in [0.5, 0.6) is 0 Å². The number of pyridine rings is 1. The number of carboxylic acid groups (broad SMARTS) is 1. The molecule has 1 N–H and O–H groups in total. The number of carboxylic acids is 1. The molecule has 6 nitrogen and oxygen atoms in total. The Bertz CT molecular complexity index is 564. The van der Waals surface area contributed by atoms with E-state index >= 15 is 0 Å². The Hall–Kier alpha value is -2.11. The van der Waals surface area contributed by atoms with Crippen molar-refractivity contribution in [3.05, 3.63) is 23.9 Å². The zero-order valence-electron chi connectivity index (χ0n) is 15.3. The van der Waals surface area contributed by atoms with Crippen molar-refractivity contribution in [3.8, 4) is 0 Å². The number of hydrogen-bond donors (Lipinski definition) is 1. The van der Waals surface area contributed by atoms with Crippen LogP contribution in [-0.4, -0.2) is 53.0 Å². The monoisotopic (exact) mass is 347 g/mol. The van der Waals surface area contributed by atoms with E-state index in [1.54, 1.807) is 11.1 Å². The Kier molecular flexibility index (Phi) is 7.22. The Morgan fingerprint density at radius 3 is 2.40 bits per heavy atom. The Morgan fingerprint density at radius 1 is 1.20 bits per heavy atom. The van der Waals surface area contributed by atoms with Crippen LogP contribution in [0.1, 0.15) is 56.3 Å². The lowest BCUT2D eigenvalue weighted by molar-refractivity contribution is -0.137. The van der Waals surface area contributed by atoms with E-state index in [4.69, 9.17) is 5.11 Å². The molecule has 2 rings (SSSR count). The van der Waals surface area contributed by atoms with Gasteiger partial charge in [-0.1, -0.05) is 26.7 Å². The highest BCUT2D eigenvalue weighted by molar-refractivity contribution is 5.94. The predicted octanol–water partition coefficient (Wildman–Crippen LogP) is 3.03. The molecule has 1 aliphatic rings. The molecule has 1 saturated heterocycles. The highest BCUT2D eigenvalue weighted by Crippen LogP contribution is 2.18. The van der Waals surface area contributed by atoms with Crippen LogP contribution in [0.3, 0.4) is 0 Å². The fraction of sp³-hybridized carbons (Fsp3) is 0.632. The van der Waals surface area contributed by atoms with Gasteiger partial charge in [0.05, 0.1) is 12.0 Å². The van der Waals surface area contributed by atoms with Gasteiger partial charge in [0.25, 0.3) is 5.91 Å². The summed E-state index contributed by atoms with van der Waals surface area (Å²) in [6.45, 7) is 6.82. The summed E-state index contributed by atoms with van der Waals surface area (Å²) in [5.41, 5.74) is 0.518. The second-order valence-corrected chi connectivity index (χ2v) is 7.10. The highest BCUT2D eigenvalue weighted by Gasteiger charge is 2.19. The van der Waals surface area contributed by atoms with E-state index in [1.165, 1.54) is 25.7 Å². The van der Waals surface area contributed by atoms with E-state index < -0.39 is 5.97 Å². The lowest BCUT2D eigenvalue weighted by atomic mass is 10.1. The molecule has 2 heterocycles. The van der Waals surface area contributed by atoms with Gasteiger partial charge >= 0.3 is 5.97 Å². The number of carbonyl (C=O) groups excluding carboxylic acids is 1. The van der Waals surface area contributed by atoms with Crippen LogP contribution >= 0.6 is 0 Å². The standard InChI is InChI=1S/C19H29N3O3/c1-15(2)14-22(12-9-18(23)24)19(25)16-7-8-17(20-13-16)21-10-5-3-4-6-11-21/h7-8,13,15H,3-6,9-12,14H2,1-2H3,(H,23,24). The average Bonchev–Trinajstić information content (AvgIpc) is 2.87. The maximum atomic E-state index is 12.7. The van der Waals surface area contributed by atoms with E-state index in [-0.39, 0.29) is 24.8 Å². The molecule has 0 spiro atoms. The zero-order chi connectivity index (χ0) is 18.2. The Morgan fingerprint density at radius 2 is 1.88 bits per heavy atom. The molecule has 1 aromatic heterocycles. The predicted molar refractivity (Wildman–Crippen MR) is 97.9 cm³/mol. The van der Waals surface area contributed by atoms with Crippen molar-refractivity contribution < 1.29 is 14.7 Å². The first-order chi connectivity index (χ1) is 12.0. The molecule has 1 aliphatic heterocycles. The molecule has 0 bridgehead atoms. The van der Waals surface area contributed by atoms with Crippen molar-refractivity contribution in [2.45, 2.75) is 46.0 Å². The third kappa shape index (κ3) is 6.03. The van der Waals surface area contributed by atoms with E-state index in [0.29, 0.717) is 12.1 Å². The normalized spacial score (nSPS) is 15.1. The molecule has 0 unspecified atom stereocenters. The summed E-state index contributed by atoms with van der Waals surface area (Å²) >= 11 is 0. The summed E-state index contributed by atoms with van der Waals surface area (Å²) in [7, 11) is 0. The molecular formula is C19H29N3O3. The van der Waals surface area contributed by atoms with Crippen molar-refractivity contribution in [2.24, 2.45) is 5.92 Å². The van der Waals surface area contributed by atoms with Gasteiger partial charge in [0.1, 0.15) is 5.82 Å². The minimum atomic E-state index is -0.892.